The van der Waals surface area contributed by atoms with Crippen LogP contribution in [0, 0.1) is 6.92 Å². The third kappa shape index (κ3) is 2.60. The van der Waals surface area contributed by atoms with Crippen molar-refractivity contribution in [2.75, 3.05) is 11.9 Å². The van der Waals surface area contributed by atoms with Crippen molar-refractivity contribution in [3.8, 4) is 0 Å². The second-order valence-corrected chi connectivity index (χ2v) is 7.21. The van der Waals surface area contributed by atoms with E-state index < -0.39 is 6.03 Å². The minimum absolute atomic E-state index is 0.123. The van der Waals surface area contributed by atoms with Crippen molar-refractivity contribution in [1.29, 1.82) is 0 Å². The number of fused-ring (bicyclic) bond motifs is 1. The topological polar surface area (TPSA) is 61.4 Å². The minimum Gasteiger partial charge on any atom is -0.369 e. The first-order valence-electron chi connectivity index (χ1n) is 7.91. The number of nitrogens with one attached hydrogen (secondary N) is 2. The Morgan fingerprint density at radius 3 is 2.57 bits per heavy atom. The highest BCUT2D eigenvalue weighted by atomic mass is 16.2. The van der Waals surface area contributed by atoms with Crippen molar-refractivity contribution in [3.63, 3.8) is 0 Å². The fourth-order valence-electron chi connectivity index (χ4n) is 3.53. The Balaban J connectivity index is 2.06. The third-order valence-electron chi connectivity index (χ3n) is 5.04. The average Bonchev–Trinajstić information content (AvgIpc) is 2.76. The maximum absolute atomic E-state index is 11.7. The highest BCUT2D eigenvalue weighted by Crippen LogP contribution is 2.43. The van der Waals surface area contributed by atoms with E-state index in [9.17, 15) is 9.59 Å². The predicted molar refractivity (Wildman–Crippen MR) is 91.3 cm³/mol. The van der Waals surface area contributed by atoms with E-state index in [4.69, 9.17) is 0 Å². The molecule has 0 bridgehead atoms. The fourth-order valence-corrected chi connectivity index (χ4v) is 3.53. The molecule has 2 aliphatic rings. The molecule has 0 unspecified atom stereocenters. The number of imide groups is 1. The molecule has 2 N–H and O–H groups in total. The van der Waals surface area contributed by atoms with Gasteiger partial charge in [-0.3, -0.25) is 10.1 Å². The van der Waals surface area contributed by atoms with Gasteiger partial charge in [0, 0.05) is 18.3 Å². The number of carbonyl (C=O) groups excluding carboxylic acids is 2. The average molecular weight is 313 g/mol. The molecule has 1 saturated heterocycles. The maximum Gasteiger partial charge on any atom is 0.326 e. The number of rotatable bonds is 1. The summed E-state index contributed by atoms with van der Waals surface area (Å²) in [4.78, 5) is 25.3. The number of hydrogen-bond acceptors (Lipinski definition) is 3. The van der Waals surface area contributed by atoms with Crippen LogP contribution in [0.2, 0.25) is 0 Å². The van der Waals surface area contributed by atoms with Crippen LogP contribution in [-0.4, -0.2) is 24.5 Å². The van der Waals surface area contributed by atoms with Gasteiger partial charge >= 0.3 is 6.03 Å². The van der Waals surface area contributed by atoms with Gasteiger partial charge in [-0.05, 0) is 68.0 Å². The van der Waals surface area contributed by atoms with Crippen molar-refractivity contribution in [2.45, 2.75) is 45.6 Å². The number of benzene rings is 1. The number of anilines is 1. The lowest BCUT2D eigenvalue weighted by atomic mass is 9.79. The van der Waals surface area contributed by atoms with Crippen molar-refractivity contribution in [3.05, 3.63) is 34.5 Å². The van der Waals surface area contributed by atoms with Crippen LogP contribution < -0.4 is 15.5 Å². The van der Waals surface area contributed by atoms with Crippen LogP contribution in [0.25, 0.3) is 6.08 Å². The maximum atomic E-state index is 11.7. The summed E-state index contributed by atoms with van der Waals surface area (Å²) in [5.41, 5.74) is 5.01. The molecule has 0 saturated carbocycles. The van der Waals surface area contributed by atoms with Gasteiger partial charge in [-0.15, -0.1) is 0 Å². The molecule has 1 aromatic rings. The second-order valence-electron chi connectivity index (χ2n) is 7.21. The smallest absolute Gasteiger partial charge is 0.326 e. The van der Waals surface area contributed by atoms with Crippen LogP contribution in [0.4, 0.5) is 10.5 Å². The number of amides is 3. The summed E-state index contributed by atoms with van der Waals surface area (Å²) < 4.78 is 0. The van der Waals surface area contributed by atoms with E-state index in [1.165, 1.54) is 11.3 Å². The van der Waals surface area contributed by atoms with Gasteiger partial charge in [-0.2, -0.15) is 0 Å². The second kappa shape index (κ2) is 5.11. The fraction of sp³-hybridized carbons (Fsp3) is 0.444. The Morgan fingerprint density at radius 2 is 1.96 bits per heavy atom. The zero-order valence-corrected chi connectivity index (χ0v) is 14.3. The molecule has 0 aromatic heterocycles. The van der Waals surface area contributed by atoms with Crippen LogP contribution >= 0.6 is 0 Å². The standard InChI is InChI=1S/C18H23N3O2/c1-10-6-15-13(11(2)9-18(3,4)21(15)5)7-12(10)8-14-16(22)20-17(23)19-14/h6-8,11H,9H2,1-5H3,(H2,19,20,22,23)/b14-8+/t11-/m1/s1. The molecule has 3 amide bonds. The minimum atomic E-state index is -0.466. The van der Waals surface area contributed by atoms with Gasteiger partial charge in [0.1, 0.15) is 5.70 Å². The van der Waals surface area contributed by atoms with Crippen molar-refractivity contribution < 1.29 is 9.59 Å². The molecule has 0 aliphatic carbocycles. The van der Waals surface area contributed by atoms with E-state index in [0.29, 0.717) is 11.6 Å². The summed E-state index contributed by atoms with van der Waals surface area (Å²) in [5, 5.41) is 4.77. The van der Waals surface area contributed by atoms with E-state index in [1.807, 2.05) is 6.92 Å². The number of urea groups is 1. The van der Waals surface area contributed by atoms with Crippen LogP contribution in [0.5, 0.6) is 0 Å². The quantitative estimate of drug-likeness (QED) is 0.619. The van der Waals surface area contributed by atoms with Crippen LogP contribution in [0.3, 0.4) is 0 Å². The largest absolute Gasteiger partial charge is 0.369 e. The number of nitrogens with zero attached hydrogens (tertiary/aromatic N) is 1. The Hall–Kier alpha value is -2.30. The SMILES string of the molecule is Cc1cc2c(cc1/C=C1/NC(=O)NC1=O)[C@H](C)CC(C)(C)N2C. The molecule has 1 fully saturated rings. The van der Waals surface area contributed by atoms with Gasteiger partial charge in [0.25, 0.3) is 5.91 Å². The summed E-state index contributed by atoms with van der Waals surface area (Å²) in [6, 6.07) is 3.85. The van der Waals surface area contributed by atoms with Crippen LogP contribution in [0.15, 0.2) is 17.8 Å². The lowest BCUT2D eigenvalue weighted by molar-refractivity contribution is -0.115. The van der Waals surface area contributed by atoms with Gasteiger partial charge in [-0.25, -0.2) is 4.79 Å². The summed E-state index contributed by atoms with van der Waals surface area (Å²) in [7, 11) is 2.13. The first-order chi connectivity index (χ1) is 10.7. The lowest BCUT2D eigenvalue weighted by Crippen LogP contribution is -2.45. The van der Waals surface area contributed by atoms with Gasteiger partial charge in [0.15, 0.2) is 0 Å². The zero-order valence-electron chi connectivity index (χ0n) is 14.3. The number of hydrogen-bond donors (Lipinski definition) is 2. The van der Waals surface area contributed by atoms with E-state index in [-0.39, 0.29) is 11.4 Å². The number of aryl methyl sites for hydroxylation is 1. The Kier molecular flexibility index (Phi) is 3.47. The molecule has 5 heteroatoms. The first-order valence-corrected chi connectivity index (χ1v) is 7.91. The Labute approximate surface area is 136 Å². The molecule has 1 aromatic carbocycles. The van der Waals surface area contributed by atoms with Crippen molar-refractivity contribution >= 4 is 23.7 Å². The molecule has 2 aliphatic heterocycles. The van der Waals surface area contributed by atoms with Gasteiger partial charge < -0.3 is 10.2 Å². The molecule has 122 valence electrons. The van der Waals surface area contributed by atoms with E-state index in [2.05, 4.69) is 55.5 Å². The molecule has 1 atom stereocenters. The molecule has 23 heavy (non-hydrogen) atoms. The molecular formula is C18H23N3O2. The number of carbonyl (C=O) groups is 2. The molecular weight excluding hydrogens is 290 g/mol. The monoisotopic (exact) mass is 313 g/mol. The summed E-state index contributed by atoms with van der Waals surface area (Å²) in [5.74, 6) is 0.0689. The Morgan fingerprint density at radius 1 is 1.26 bits per heavy atom. The highest BCUT2D eigenvalue weighted by Gasteiger charge is 2.34. The summed E-state index contributed by atoms with van der Waals surface area (Å²) in [6.07, 6.45) is 2.83. The van der Waals surface area contributed by atoms with Crippen LogP contribution in [0.1, 0.15) is 49.8 Å². The molecule has 3 rings (SSSR count). The Bertz CT molecular complexity index is 734. The third-order valence-corrected chi connectivity index (χ3v) is 5.04. The normalized spacial score (nSPS) is 24.5. The van der Waals surface area contributed by atoms with Gasteiger partial charge in [0.05, 0.1) is 0 Å². The van der Waals surface area contributed by atoms with E-state index in [1.54, 1.807) is 6.08 Å². The predicted octanol–water partition coefficient (Wildman–Crippen LogP) is 2.90. The van der Waals surface area contributed by atoms with Gasteiger partial charge in [-0.1, -0.05) is 6.92 Å². The molecule has 2 heterocycles. The lowest BCUT2D eigenvalue weighted by Gasteiger charge is -2.45. The van der Waals surface area contributed by atoms with E-state index in [0.717, 1.165) is 17.5 Å². The summed E-state index contributed by atoms with van der Waals surface area (Å²) in [6.45, 7) is 8.79. The van der Waals surface area contributed by atoms with E-state index >= 15 is 0 Å². The zero-order chi connectivity index (χ0) is 16.9. The van der Waals surface area contributed by atoms with Crippen LogP contribution in [-0.2, 0) is 4.79 Å². The molecule has 0 spiro atoms. The molecule has 0 radical (unpaired) electrons. The molecule has 5 nitrogen and oxygen atoms in total. The highest BCUT2D eigenvalue weighted by molar-refractivity contribution is 6.14. The van der Waals surface area contributed by atoms with Crippen molar-refractivity contribution in [1.82, 2.24) is 10.6 Å². The van der Waals surface area contributed by atoms with Gasteiger partial charge in [0.2, 0.25) is 0 Å². The first kappa shape index (κ1) is 15.6. The summed E-state index contributed by atoms with van der Waals surface area (Å²) >= 11 is 0. The van der Waals surface area contributed by atoms with Crippen molar-refractivity contribution in [2.24, 2.45) is 0 Å².